The van der Waals surface area contributed by atoms with Gasteiger partial charge in [-0.1, -0.05) is 31.2 Å². The fourth-order valence-electron chi connectivity index (χ4n) is 2.02. The molecule has 2 aromatic rings. The van der Waals surface area contributed by atoms with Gasteiger partial charge >= 0.3 is 0 Å². The number of nitrogens with zero attached hydrogens (tertiary/aromatic N) is 1. The molecule has 0 spiro atoms. The number of nitrogens with one attached hydrogen (secondary N) is 1. The van der Waals surface area contributed by atoms with E-state index in [4.69, 9.17) is 4.42 Å². The summed E-state index contributed by atoms with van der Waals surface area (Å²) in [6, 6.07) is 8.71. The highest BCUT2D eigenvalue weighted by atomic mass is 16.4. The van der Waals surface area contributed by atoms with Gasteiger partial charge in [0.2, 0.25) is 5.89 Å². The molecule has 18 heavy (non-hydrogen) atoms. The molecule has 0 fully saturated rings. The summed E-state index contributed by atoms with van der Waals surface area (Å²) in [7, 11) is 0. The molecule has 1 aromatic carbocycles. The Morgan fingerprint density at radius 3 is 2.78 bits per heavy atom. The lowest BCUT2D eigenvalue weighted by molar-refractivity contribution is 0.424. The summed E-state index contributed by atoms with van der Waals surface area (Å²) in [6.45, 7) is 7.02. The van der Waals surface area contributed by atoms with E-state index in [1.54, 1.807) is 6.20 Å². The minimum Gasteiger partial charge on any atom is -0.444 e. The van der Waals surface area contributed by atoms with Gasteiger partial charge in [0.25, 0.3) is 0 Å². The Bertz CT molecular complexity index is 505. The van der Waals surface area contributed by atoms with Crippen LogP contribution < -0.4 is 5.32 Å². The van der Waals surface area contributed by atoms with Crippen LogP contribution in [0, 0.1) is 6.92 Å². The number of aryl methyl sites for hydroxylation is 2. The molecule has 3 nitrogen and oxygen atoms in total. The van der Waals surface area contributed by atoms with Crippen LogP contribution in [0.25, 0.3) is 0 Å². The highest BCUT2D eigenvalue weighted by Crippen LogP contribution is 2.17. The van der Waals surface area contributed by atoms with Crippen LogP contribution >= 0.6 is 0 Å². The summed E-state index contributed by atoms with van der Waals surface area (Å²) in [5.74, 6) is 1.70. The summed E-state index contributed by atoms with van der Waals surface area (Å²) in [4.78, 5) is 4.25. The molecule has 1 heterocycles. The van der Waals surface area contributed by atoms with E-state index in [-0.39, 0.29) is 0 Å². The van der Waals surface area contributed by atoms with Crippen molar-refractivity contribution in [3.8, 4) is 0 Å². The van der Waals surface area contributed by atoms with Gasteiger partial charge in [-0.3, -0.25) is 0 Å². The molecule has 0 saturated carbocycles. The molecule has 0 radical (unpaired) electrons. The molecule has 1 atom stereocenters. The maximum absolute atomic E-state index is 5.58. The van der Waals surface area contributed by atoms with E-state index in [2.05, 4.69) is 55.3 Å². The first kappa shape index (κ1) is 12.8. The molecular weight excluding hydrogens is 224 g/mol. The lowest BCUT2D eigenvalue weighted by atomic mass is 10.0. The van der Waals surface area contributed by atoms with Crippen LogP contribution in [0.3, 0.4) is 0 Å². The second-order valence-electron chi connectivity index (χ2n) is 4.53. The molecule has 0 amide bonds. The van der Waals surface area contributed by atoms with E-state index in [0.29, 0.717) is 12.6 Å². The second-order valence-corrected chi connectivity index (χ2v) is 4.53. The van der Waals surface area contributed by atoms with Crippen LogP contribution in [0.4, 0.5) is 0 Å². The van der Waals surface area contributed by atoms with Gasteiger partial charge in [-0.2, -0.15) is 0 Å². The Morgan fingerprint density at radius 2 is 2.11 bits per heavy atom. The Labute approximate surface area is 108 Å². The Balaban J connectivity index is 1.96. The van der Waals surface area contributed by atoms with Gasteiger partial charge in [0, 0.05) is 12.5 Å². The quantitative estimate of drug-likeness (QED) is 0.876. The van der Waals surface area contributed by atoms with Gasteiger partial charge in [-0.05, 0) is 25.0 Å². The van der Waals surface area contributed by atoms with Gasteiger partial charge in [0.05, 0.1) is 12.7 Å². The zero-order chi connectivity index (χ0) is 13.0. The molecule has 2 rings (SSSR count). The normalized spacial score (nSPS) is 12.6. The minimum absolute atomic E-state index is 0.295. The van der Waals surface area contributed by atoms with Crippen molar-refractivity contribution in [1.29, 1.82) is 0 Å². The molecule has 1 N–H and O–H groups in total. The standard InChI is InChI=1S/C15H20N2O/c1-4-13-9-17-15(18-13)10-16-12(3)14-8-6-5-7-11(14)2/h5-9,12,16H,4,10H2,1-3H3. The fourth-order valence-corrected chi connectivity index (χ4v) is 2.02. The van der Waals surface area contributed by atoms with E-state index >= 15 is 0 Å². The van der Waals surface area contributed by atoms with Crippen molar-refractivity contribution in [3.63, 3.8) is 0 Å². The molecule has 0 aliphatic carbocycles. The monoisotopic (exact) mass is 244 g/mol. The molecule has 0 bridgehead atoms. The third-order valence-corrected chi connectivity index (χ3v) is 3.16. The van der Waals surface area contributed by atoms with Gasteiger partial charge < -0.3 is 9.73 Å². The largest absolute Gasteiger partial charge is 0.444 e. The van der Waals surface area contributed by atoms with Crippen molar-refractivity contribution in [2.75, 3.05) is 0 Å². The average molecular weight is 244 g/mol. The van der Waals surface area contributed by atoms with Crippen molar-refractivity contribution in [2.45, 2.75) is 39.8 Å². The number of oxazole rings is 1. The molecular formula is C15H20N2O. The van der Waals surface area contributed by atoms with Crippen molar-refractivity contribution >= 4 is 0 Å². The van der Waals surface area contributed by atoms with E-state index < -0.39 is 0 Å². The summed E-state index contributed by atoms with van der Waals surface area (Å²) >= 11 is 0. The molecule has 1 aromatic heterocycles. The first-order valence-electron chi connectivity index (χ1n) is 6.43. The maximum atomic E-state index is 5.58. The summed E-state index contributed by atoms with van der Waals surface area (Å²) in [5.41, 5.74) is 2.62. The smallest absolute Gasteiger partial charge is 0.208 e. The maximum Gasteiger partial charge on any atom is 0.208 e. The molecule has 0 aliphatic heterocycles. The van der Waals surface area contributed by atoms with E-state index in [1.165, 1.54) is 11.1 Å². The lowest BCUT2D eigenvalue weighted by Crippen LogP contribution is -2.19. The minimum atomic E-state index is 0.295. The number of aromatic nitrogens is 1. The van der Waals surface area contributed by atoms with Crippen LogP contribution in [0.15, 0.2) is 34.9 Å². The Hall–Kier alpha value is -1.61. The topological polar surface area (TPSA) is 38.1 Å². The highest BCUT2D eigenvalue weighted by molar-refractivity contribution is 5.28. The molecule has 0 aliphatic rings. The average Bonchev–Trinajstić information content (AvgIpc) is 2.84. The highest BCUT2D eigenvalue weighted by Gasteiger charge is 2.09. The van der Waals surface area contributed by atoms with Crippen LogP contribution in [-0.2, 0) is 13.0 Å². The molecule has 3 heteroatoms. The van der Waals surface area contributed by atoms with E-state index in [9.17, 15) is 0 Å². The van der Waals surface area contributed by atoms with E-state index in [1.807, 2.05) is 0 Å². The van der Waals surface area contributed by atoms with Gasteiger partial charge in [-0.15, -0.1) is 0 Å². The number of rotatable bonds is 5. The number of hydrogen-bond donors (Lipinski definition) is 1. The van der Waals surface area contributed by atoms with Gasteiger partial charge in [-0.25, -0.2) is 4.98 Å². The van der Waals surface area contributed by atoms with Crippen molar-refractivity contribution in [2.24, 2.45) is 0 Å². The third-order valence-electron chi connectivity index (χ3n) is 3.16. The fraction of sp³-hybridized carbons (Fsp3) is 0.400. The Kier molecular flexibility index (Phi) is 4.15. The third kappa shape index (κ3) is 2.99. The van der Waals surface area contributed by atoms with E-state index in [0.717, 1.165) is 18.1 Å². The van der Waals surface area contributed by atoms with Crippen molar-refractivity contribution in [1.82, 2.24) is 10.3 Å². The second kappa shape index (κ2) is 5.83. The first-order valence-corrected chi connectivity index (χ1v) is 6.43. The predicted molar refractivity (Wildman–Crippen MR) is 72.3 cm³/mol. The zero-order valence-electron chi connectivity index (χ0n) is 11.2. The summed E-state index contributed by atoms with van der Waals surface area (Å²) in [6.07, 6.45) is 2.69. The number of hydrogen-bond acceptors (Lipinski definition) is 3. The molecule has 0 saturated heterocycles. The SMILES string of the molecule is CCc1cnc(CNC(C)c2ccccc2C)o1. The van der Waals surface area contributed by atoms with Crippen LogP contribution in [0.2, 0.25) is 0 Å². The number of benzene rings is 1. The Morgan fingerprint density at radius 1 is 1.33 bits per heavy atom. The molecule has 96 valence electrons. The van der Waals surface area contributed by atoms with Gasteiger partial charge in [0.15, 0.2) is 0 Å². The van der Waals surface area contributed by atoms with Crippen molar-refractivity contribution < 1.29 is 4.42 Å². The summed E-state index contributed by atoms with van der Waals surface area (Å²) < 4.78 is 5.58. The molecule has 1 unspecified atom stereocenters. The first-order chi connectivity index (χ1) is 8.70. The van der Waals surface area contributed by atoms with Crippen LogP contribution in [-0.4, -0.2) is 4.98 Å². The van der Waals surface area contributed by atoms with Crippen LogP contribution in [0.5, 0.6) is 0 Å². The predicted octanol–water partition coefficient (Wildman–Crippen LogP) is 3.40. The zero-order valence-corrected chi connectivity index (χ0v) is 11.2. The van der Waals surface area contributed by atoms with Crippen molar-refractivity contribution in [3.05, 3.63) is 53.2 Å². The van der Waals surface area contributed by atoms with Crippen LogP contribution in [0.1, 0.15) is 42.7 Å². The summed E-state index contributed by atoms with van der Waals surface area (Å²) in [5, 5.41) is 3.44. The van der Waals surface area contributed by atoms with Gasteiger partial charge in [0.1, 0.15) is 5.76 Å². The lowest BCUT2D eigenvalue weighted by Gasteiger charge is -2.15.